The zero-order chi connectivity index (χ0) is 13.8. The van der Waals surface area contributed by atoms with Crippen molar-refractivity contribution < 1.29 is 14.3 Å². The molecule has 104 valence electrons. The first-order chi connectivity index (χ1) is 8.42. The van der Waals surface area contributed by atoms with Gasteiger partial charge in [-0.1, -0.05) is 0 Å². The predicted molar refractivity (Wildman–Crippen MR) is 69.7 cm³/mol. The number of halogens is 1. The van der Waals surface area contributed by atoms with Crippen molar-refractivity contribution in [1.29, 1.82) is 0 Å². The van der Waals surface area contributed by atoms with Gasteiger partial charge in [-0.15, -0.1) is 11.6 Å². The summed E-state index contributed by atoms with van der Waals surface area (Å²) in [5.41, 5.74) is -0.548. The van der Waals surface area contributed by atoms with Gasteiger partial charge in [-0.3, -0.25) is 4.79 Å². The fraction of sp³-hybridized carbons (Fsp3) is 0.833. The van der Waals surface area contributed by atoms with E-state index in [0.717, 1.165) is 0 Å². The van der Waals surface area contributed by atoms with Crippen molar-refractivity contribution in [2.75, 3.05) is 38.7 Å². The number of rotatable bonds is 3. The van der Waals surface area contributed by atoms with Crippen LogP contribution in [0.15, 0.2) is 0 Å². The van der Waals surface area contributed by atoms with E-state index in [2.05, 4.69) is 0 Å². The topological polar surface area (TPSA) is 49.9 Å². The molecule has 6 heteroatoms. The average Bonchev–Trinajstić information content (AvgIpc) is 2.38. The smallest absolute Gasteiger partial charge is 0.409 e. The molecular weight excluding hydrogens is 256 g/mol. The molecule has 5 nitrogen and oxygen atoms in total. The molecule has 1 rings (SSSR count). The Bertz CT molecular complexity index is 312. The molecule has 0 aromatic heterocycles. The van der Waals surface area contributed by atoms with Gasteiger partial charge in [0.15, 0.2) is 0 Å². The third-order valence-corrected chi connectivity index (χ3v) is 3.67. The summed E-state index contributed by atoms with van der Waals surface area (Å²) in [6.45, 7) is 7.93. The van der Waals surface area contributed by atoms with E-state index in [0.29, 0.717) is 38.7 Å². The van der Waals surface area contributed by atoms with Crippen molar-refractivity contribution >= 4 is 23.6 Å². The minimum Gasteiger partial charge on any atom is -0.450 e. The molecule has 0 saturated carbocycles. The summed E-state index contributed by atoms with van der Waals surface area (Å²) in [6.07, 6.45) is -0.304. The number of alkyl halides is 1. The minimum absolute atomic E-state index is 0.0426. The molecule has 0 aliphatic carbocycles. The van der Waals surface area contributed by atoms with E-state index in [1.165, 1.54) is 0 Å². The van der Waals surface area contributed by atoms with Gasteiger partial charge in [0.1, 0.15) is 0 Å². The predicted octanol–water partition coefficient (Wildman–Crippen LogP) is 1.55. The van der Waals surface area contributed by atoms with Gasteiger partial charge in [0.2, 0.25) is 5.91 Å². The van der Waals surface area contributed by atoms with Crippen LogP contribution in [0.25, 0.3) is 0 Å². The third kappa shape index (κ3) is 3.51. The van der Waals surface area contributed by atoms with E-state index in [1.54, 1.807) is 16.7 Å². The van der Waals surface area contributed by atoms with E-state index < -0.39 is 5.41 Å². The van der Waals surface area contributed by atoms with Crippen molar-refractivity contribution in [3.8, 4) is 0 Å². The van der Waals surface area contributed by atoms with Crippen LogP contribution in [0.2, 0.25) is 0 Å². The van der Waals surface area contributed by atoms with Gasteiger partial charge in [0.25, 0.3) is 0 Å². The lowest BCUT2D eigenvalue weighted by Gasteiger charge is -2.37. The molecule has 1 saturated heterocycles. The Kier molecular flexibility index (Phi) is 5.26. The SMILES string of the molecule is CCOC(=O)N1CCN(C(=O)C(C)(C)CCl)CC1. The van der Waals surface area contributed by atoms with Crippen LogP contribution in [0.3, 0.4) is 0 Å². The Morgan fingerprint density at radius 2 is 1.67 bits per heavy atom. The van der Waals surface area contributed by atoms with Crippen LogP contribution in [-0.2, 0) is 9.53 Å². The second-order valence-corrected chi connectivity index (χ2v) is 5.26. The Balaban J connectivity index is 2.49. The number of amides is 2. The normalized spacial score (nSPS) is 16.7. The van der Waals surface area contributed by atoms with E-state index in [-0.39, 0.29) is 12.0 Å². The van der Waals surface area contributed by atoms with Crippen LogP contribution >= 0.6 is 11.6 Å². The number of piperazine rings is 1. The van der Waals surface area contributed by atoms with Crippen LogP contribution < -0.4 is 0 Å². The minimum atomic E-state index is -0.548. The summed E-state index contributed by atoms with van der Waals surface area (Å²) in [5, 5.41) is 0. The zero-order valence-electron chi connectivity index (χ0n) is 11.2. The summed E-state index contributed by atoms with van der Waals surface area (Å²) in [7, 11) is 0. The van der Waals surface area contributed by atoms with Crippen molar-refractivity contribution in [1.82, 2.24) is 9.80 Å². The summed E-state index contributed by atoms with van der Waals surface area (Å²) in [4.78, 5) is 27.1. The first kappa shape index (κ1) is 15.1. The van der Waals surface area contributed by atoms with Crippen LogP contribution in [0.5, 0.6) is 0 Å². The molecule has 0 radical (unpaired) electrons. The second kappa shape index (κ2) is 6.27. The van der Waals surface area contributed by atoms with Gasteiger partial charge in [0, 0.05) is 32.1 Å². The summed E-state index contributed by atoms with van der Waals surface area (Å²) >= 11 is 5.80. The molecule has 1 aliphatic rings. The van der Waals surface area contributed by atoms with E-state index in [1.807, 2.05) is 13.8 Å². The van der Waals surface area contributed by atoms with Gasteiger partial charge >= 0.3 is 6.09 Å². The fourth-order valence-corrected chi connectivity index (χ4v) is 1.91. The Hall–Kier alpha value is -0.970. The first-order valence-corrected chi connectivity index (χ1v) is 6.73. The molecule has 1 aliphatic heterocycles. The maximum Gasteiger partial charge on any atom is 0.409 e. The summed E-state index contributed by atoms with van der Waals surface area (Å²) in [5.74, 6) is 0.338. The lowest BCUT2D eigenvalue weighted by Crippen LogP contribution is -2.53. The van der Waals surface area contributed by atoms with Crippen LogP contribution in [0.1, 0.15) is 20.8 Å². The molecule has 1 heterocycles. The highest BCUT2D eigenvalue weighted by Crippen LogP contribution is 2.21. The number of hydrogen-bond acceptors (Lipinski definition) is 3. The highest BCUT2D eigenvalue weighted by atomic mass is 35.5. The number of ether oxygens (including phenoxy) is 1. The number of carbonyl (C=O) groups excluding carboxylic acids is 2. The molecule has 1 fully saturated rings. The molecule has 0 aromatic rings. The van der Waals surface area contributed by atoms with Crippen molar-refractivity contribution in [2.45, 2.75) is 20.8 Å². The zero-order valence-corrected chi connectivity index (χ0v) is 12.0. The Labute approximate surface area is 113 Å². The monoisotopic (exact) mass is 276 g/mol. The molecule has 0 spiro atoms. The van der Waals surface area contributed by atoms with Crippen LogP contribution in [0.4, 0.5) is 4.79 Å². The first-order valence-electron chi connectivity index (χ1n) is 6.19. The molecule has 0 N–H and O–H groups in total. The highest BCUT2D eigenvalue weighted by Gasteiger charge is 2.33. The van der Waals surface area contributed by atoms with Gasteiger partial charge in [0.05, 0.1) is 12.0 Å². The molecule has 18 heavy (non-hydrogen) atoms. The summed E-state index contributed by atoms with van der Waals surface area (Å²) in [6, 6.07) is 0. The molecule has 2 amide bonds. The van der Waals surface area contributed by atoms with Gasteiger partial charge in [-0.2, -0.15) is 0 Å². The molecule has 0 aromatic carbocycles. The largest absolute Gasteiger partial charge is 0.450 e. The van der Waals surface area contributed by atoms with Crippen LogP contribution in [0, 0.1) is 5.41 Å². The van der Waals surface area contributed by atoms with Crippen molar-refractivity contribution in [2.24, 2.45) is 5.41 Å². The highest BCUT2D eigenvalue weighted by molar-refractivity contribution is 6.19. The molecule has 0 bridgehead atoms. The second-order valence-electron chi connectivity index (χ2n) is 5.00. The standard InChI is InChI=1S/C12H21ClN2O3/c1-4-18-11(17)15-7-5-14(6-8-15)10(16)12(2,3)9-13/h4-9H2,1-3H3. The number of carbonyl (C=O) groups is 2. The molecule has 0 atom stereocenters. The molecule has 0 unspecified atom stereocenters. The van der Waals surface area contributed by atoms with E-state index >= 15 is 0 Å². The van der Waals surface area contributed by atoms with Crippen LogP contribution in [-0.4, -0.2) is 60.5 Å². The fourth-order valence-electron chi connectivity index (χ4n) is 1.79. The van der Waals surface area contributed by atoms with E-state index in [4.69, 9.17) is 16.3 Å². The third-order valence-electron chi connectivity index (χ3n) is 3.01. The molecular formula is C12H21ClN2O3. The van der Waals surface area contributed by atoms with Gasteiger partial charge < -0.3 is 14.5 Å². The van der Waals surface area contributed by atoms with E-state index in [9.17, 15) is 9.59 Å². The number of nitrogens with zero attached hydrogens (tertiary/aromatic N) is 2. The van der Waals surface area contributed by atoms with Crippen molar-refractivity contribution in [3.05, 3.63) is 0 Å². The van der Waals surface area contributed by atoms with Crippen molar-refractivity contribution in [3.63, 3.8) is 0 Å². The number of hydrogen-bond donors (Lipinski definition) is 0. The lowest BCUT2D eigenvalue weighted by molar-refractivity contribution is -0.140. The quantitative estimate of drug-likeness (QED) is 0.735. The van der Waals surface area contributed by atoms with Gasteiger partial charge in [-0.25, -0.2) is 4.79 Å². The summed E-state index contributed by atoms with van der Waals surface area (Å²) < 4.78 is 4.93. The average molecular weight is 277 g/mol. The lowest BCUT2D eigenvalue weighted by atomic mass is 9.94. The van der Waals surface area contributed by atoms with Gasteiger partial charge in [-0.05, 0) is 20.8 Å². The maximum absolute atomic E-state index is 12.2. The Morgan fingerprint density at radius 1 is 1.17 bits per heavy atom. The Morgan fingerprint density at radius 3 is 2.11 bits per heavy atom. The maximum atomic E-state index is 12.2.